The molecular weight excluding hydrogens is 468 g/mol. The maximum Gasteiger partial charge on any atom is 0.253 e. The second kappa shape index (κ2) is 11.4. The second-order valence-corrected chi connectivity index (χ2v) is 8.48. The Morgan fingerprint density at radius 3 is 2.74 bits per heavy atom. The van der Waals surface area contributed by atoms with Crippen LogP contribution >= 0.6 is 11.6 Å². The number of halogens is 1. The van der Waals surface area contributed by atoms with Gasteiger partial charge in [0.1, 0.15) is 11.6 Å². The Morgan fingerprint density at radius 1 is 1.17 bits per heavy atom. The number of amides is 1. The van der Waals surface area contributed by atoms with Crippen molar-refractivity contribution in [2.75, 3.05) is 61.8 Å². The first-order valence-corrected chi connectivity index (χ1v) is 11.8. The number of β-amino-alcohol motifs (C(OH)–C–C–N with tert-alkyl or cyclic N) is 1. The molecule has 186 valence electrons. The Morgan fingerprint density at radius 2 is 2.00 bits per heavy atom. The molecule has 10 nitrogen and oxygen atoms in total. The predicted octanol–water partition coefficient (Wildman–Crippen LogP) is 2.91. The van der Waals surface area contributed by atoms with Gasteiger partial charge in [0, 0.05) is 68.2 Å². The van der Waals surface area contributed by atoms with Crippen LogP contribution in [0.4, 0.5) is 28.7 Å². The minimum Gasteiger partial charge on any atom is -0.395 e. The van der Waals surface area contributed by atoms with E-state index < -0.39 is 12.9 Å². The third-order valence-electron chi connectivity index (χ3n) is 5.91. The summed E-state index contributed by atoms with van der Waals surface area (Å²) < 4.78 is 24.3. The monoisotopic (exact) mass is 501 g/mol. The van der Waals surface area contributed by atoms with Crippen LogP contribution in [0.1, 0.15) is 21.4 Å². The van der Waals surface area contributed by atoms with Crippen LogP contribution in [0, 0.1) is 0 Å². The third kappa shape index (κ3) is 5.84. The molecule has 1 aliphatic rings. The molecule has 0 saturated carbocycles. The first-order valence-electron chi connectivity index (χ1n) is 12.9. The topological polar surface area (TPSA) is 111 Å². The standard InChI is InChI=1S/C24H31ClN8O2/c1-3-33-23(6-7-28-33)30-22-15-21(19(25)16-27-22)29-20-5-4-17(14-18(20)24(35)26-2)32-10-8-31(9-11-32)12-13-34/h4-7,14-16,34H,3,8-13H2,1-2H3,(H,26,35)(H2,27,29,30)/i2D3. The van der Waals surface area contributed by atoms with Gasteiger partial charge < -0.3 is 26.0 Å². The lowest BCUT2D eigenvalue weighted by molar-refractivity contribution is 0.0964. The van der Waals surface area contributed by atoms with Crippen molar-refractivity contribution in [3.05, 3.63) is 53.3 Å². The van der Waals surface area contributed by atoms with Crippen molar-refractivity contribution in [3.8, 4) is 0 Å². The van der Waals surface area contributed by atoms with Gasteiger partial charge in [-0.25, -0.2) is 9.67 Å². The molecule has 0 atom stereocenters. The fraction of sp³-hybridized carbons (Fsp3) is 0.375. The number of anilines is 5. The van der Waals surface area contributed by atoms with Gasteiger partial charge in [-0.05, 0) is 25.1 Å². The number of aliphatic hydroxyl groups is 1. The zero-order chi connectivity index (χ0) is 27.3. The summed E-state index contributed by atoms with van der Waals surface area (Å²) >= 11 is 6.43. The molecule has 4 N–H and O–H groups in total. The zero-order valence-electron chi connectivity index (χ0n) is 22.5. The number of rotatable bonds is 9. The van der Waals surface area contributed by atoms with Gasteiger partial charge in [0.05, 0.1) is 41.0 Å². The van der Waals surface area contributed by atoms with E-state index >= 15 is 0 Å². The van der Waals surface area contributed by atoms with E-state index in [1.54, 1.807) is 29.1 Å². The van der Waals surface area contributed by atoms with Crippen LogP contribution in [0.5, 0.6) is 0 Å². The molecule has 3 heterocycles. The summed E-state index contributed by atoms with van der Waals surface area (Å²) in [7, 11) is 0. The van der Waals surface area contributed by atoms with E-state index in [0.29, 0.717) is 48.4 Å². The Kier molecular flexibility index (Phi) is 6.83. The van der Waals surface area contributed by atoms with Crippen LogP contribution in [0.25, 0.3) is 0 Å². The number of benzene rings is 1. The average Bonchev–Trinajstić information content (AvgIpc) is 3.33. The number of hydrogen-bond donors (Lipinski definition) is 4. The van der Waals surface area contributed by atoms with Crippen LogP contribution in [-0.4, -0.2) is 77.0 Å². The molecule has 1 saturated heterocycles. The summed E-state index contributed by atoms with van der Waals surface area (Å²) in [6.45, 7) is 3.72. The van der Waals surface area contributed by atoms with Crippen LogP contribution in [0.3, 0.4) is 0 Å². The zero-order valence-corrected chi connectivity index (χ0v) is 20.2. The van der Waals surface area contributed by atoms with Gasteiger partial charge in [0.15, 0.2) is 0 Å². The first kappa shape index (κ1) is 21.0. The molecule has 4 rings (SSSR count). The number of aromatic nitrogens is 3. The van der Waals surface area contributed by atoms with Gasteiger partial charge in [-0.3, -0.25) is 9.69 Å². The van der Waals surface area contributed by atoms with E-state index in [1.807, 2.05) is 19.1 Å². The summed E-state index contributed by atoms with van der Waals surface area (Å²) in [4.78, 5) is 21.7. The Balaban J connectivity index is 1.61. The smallest absolute Gasteiger partial charge is 0.253 e. The number of hydrogen-bond acceptors (Lipinski definition) is 8. The number of aliphatic hydroxyl groups excluding tert-OH is 1. The molecule has 35 heavy (non-hydrogen) atoms. The van der Waals surface area contributed by atoms with E-state index in [2.05, 4.69) is 35.8 Å². The van der Waals surface area contributed by atoms with E-state index in [9.17, 15) is 9.90 Å². The highest BCUT2D eigenvalue weighted by Gasteiger charge is 2.20. The molecule has 1 fully saturated rings. The molecule has 0 bridgehead atoms. The van der Waals surface area contributed by atoms with Gasteiger partial charge in [-0.1, -0.05) is 11.6 Å². The fourth-order valence-corrected chi connectivity index (χ4v) is 4.18. The summed E-state index contributed by atoms with van der Waals surface area (Å²) in [6, 6.07) is 8.82. The molecule has 0 spiro atoms. The van der Waals surface area contributed by atoms with Gasteiger partial charge in [0.25, 0.3) is 5.91 Å². The molecular formula is C24H31ClN8O2. The molecule has 1 amide bonds. The quantitative estimate of drug-likeness (QED) is 0.354. The molecule has 1 aliphatic heterocycles. The highest BCUT2D eigenvalue weighted by Crippen LogP contribution is 2.32. The van der Waals surface area contributed by atoms with Crippen molar-refractivity contribution in [2.45, 2.75) is 13.5 Å². The summed E-state index contributed by atoms with van der Waals surface area (Å²) in [5.74, 6) is 0.538. The summed E-state index contributed by atoms with van der Waals surface area (Å²) in [5, 5.41) is 22.2. The van der Waals surface area contributed by atoms with Crippen molar-refractivity contribution in [1.82, 2.24) is 25.0 Å². The Bertz CT molecular complexity index is 1260. The molecule has 3 aromatic rings. The fourth-order valence-electron chi connectivity index (χ4n) is 4.03. The maximum absolute atomic E-state index is 13.0. The Labute approximate surface area is 214 Å². The number of piperazine rings is 1. The number of carbonyl (C=O) groups excluding carboxylic acids is 1. The number of aryl methyl sites for hydroxylation is 1. The summed E-state index contributed by atoms with van der Waals surface area (Å²) in [5.41, 5.74) is 1.85. The second-order valence-electron chi connectivity index (χ2n) is 8.07. The predicted molar refractivity (Wildman–Crippen MR) is 139 cm³/mol. The summed E-state index contributed by atoms with van der Waals surface area (Å²) in [6.07, 6.45) is 3.17. The van der Waals surface area contributed by atoms with Crippen molar-refractivity contribution in [1.29, 1.82) is 0 Å². The molecule has 1 aromatic carbocycles. The first-order chi connectivity index (χ1) is 18.2. The molecule has 0 unspecified atom stereocenters. The molecule has 11 heteroatoms. The van der Waals surface area contributed by atoms with Crippen LogP contribution in [0.2, 0.25) is 5.02 Å². The highest BCUT2D eigenvalue weighted by molar-refractivity contribution is 6.33. The number of pyridine rings is 1. The van der Waals surface area contributed by atoms with Crippen molar-refractivity contribution < 1.29 is 14.0 Å². The number of nitrogens with one attached hydrogen (secondary N) is 3. The largest absolute Gasteiger partial charge is 0.395 e. The lowest BCUT2D eigenvalue weighted by atomic mass is 10.1. The number of nitrogens with zero attached hydrogens (tertiary/aromatic N) is 5. The van der Waals surface area contributed by atoms with Crippen molar-refractivity contribution in [3.63, 3.8) is 0 Å². The van der Waals surface area contributed by atoms with Gasteiger partial charge in [-0.15, -0.1) is 0 Å². The Hall–Kier alpha value is -3.34. The number of carbonyl (C=O) groups is 1. The SMILES string of the molecule is [2H]C([2H])([2H])NC(=O)c1cc(N2CCN(CCO)CC2)ccc1Nc1cc(Nc2ccnn2CC)ncc1Cl. The van der Waals surface area contributed by atoms with Gasteiger partial charge in [0.2, 0.25) is 0 Å². The maximum atomic E-state index is 13.0. The lowest BCUT2D eigenvalue weighted by Gasteiger charge is -2.36. The van der Waals surface area contributed by atoms with Gasteiger partial charge in [-0.2, -0.15) is 5.10 Å². The highest BCUT2D eigenvalue weighted by atomic mass is 35.5. The van der Waals surface area contributed by atoms with Crippen molar-refractivity contribution in [2.24, 2.45) is 0 Å². The van der Waals surface area contributed by atoms with E-state index in [4.69, 9.17) is 15.7 Å². The molecule has 0 aliphatic carbocycles. The van der Waals surface area contributed by atoms with E-state index in [0.717, 1.165) is 24.6 Å². The molecule has 0 radical (unpaired) electrons. The van der Waals surface area contributed by atoms with Crippen LogP contribution in [0.15, 0.2) is 42.7 Å². The lowest BCUT2D eigenvalue weighted by Crippen LogP contribution is -2.47. The average molecular weight is 502 g/mol. The van der Waals surface area contributed by atoms with Crippen molar-refractivity contribution >= 4 is 46.2 Å². The van der Waals surface area contributed by atoms with Gasteiger partial charge >= 0.3 is 0 Å². The normalized spacial score (nSPS) is 15.7. The third-order valence-corrected chi connectivity index (χ3v) is 6.21. The molecule has 2 aromatic heterocycles. The van der Waals surface area contributed by atoms with E-state index in [1.165, 1.54) is 6.20 Å². The van der Waals surface area contributed by atoms with E-state index in [-0.39, 0.29) is 12.2 Å². The van der Waals surface area contributed by atoms with Crippen LogP contribution < -0.4 is 20.9 Å². The minimum absolute atomic E-state index is 0.108. The minimum atomic E-state index is -2.64. The van der Waals surface area contributed by atoms with Crippen LogP contribution in [-0.2, 0) is 6.54 Å².